The zero-order chi connectivity index (χ0) is 14.8. The first kappa shape index (κ1) is 14.1. The van der Waals surface area contributed by atoms with Crippen LogP contribution in [0.5, 0.6) is 0 Å². The van der Waals surface area contributed by atoms with Crippen molar-refractivity contribution in [1.29, 1.82) is 0 Å². The molecule has 0 spiro atoms. The first-order chi connectivity index (χ1) is 10.1. The number of imidazole rings is 1. The molecule has 1 fully saturated rings. The molecule has 0 bridgehead atoms. The molecule has 2 aromatic heterocycles. The van der Waals surface area contributed by atoms with Crippen LogP contribution >= 0.6 is 0 Å². The van der Waals surface area contributed by atoms with Gasteiger partial charge in [0.2, 0.25) is 5.91 Å². The second-order valence-corrected chi connectivity index (χ2v) is 5.62. The number of hydrogen-bond donors (Lipinski definition) is 0. The molecule has 0 aliphatic carbocycles. The second kappa shape index (κ2) is 5.85. The Hall–Kier alpha value is -1.88. The van der Waals surface area contributed by atoms with E-state index in [9.17, 15) is 4.79 Å². The van der Waals surface area contributed by atoms with Gasteiger partial charge >= 0.3 is 0 Å². The van der Waals surface area contributed by atoms with Gasteiger partial charge in [-0.05, 0) is 32.4 Å². The lowest BCUT2D eigenvalue weighted by Crippen LogP contribution is -2.37. The molecule has 1 saturated heterocycles. The van der Waals surface area contributed by atoms with Gasteiger partial charge < -0.3 is 14.0 Å². The number of rotatable bonds is 2. The number of hydrogen-bond acceptors (Lipinski definition) is 3. The normalized spacial score (nSPS) is 19.7. The Labute approximate surface area is 124 Å². The fourth-order valence-electron chi connectivity index (χ4n) is 2.85. The highest BCUT2D eigenvalue weighted by atomic mass is 16.5. The van der Waals surface area contributed by atoms with E-state index >= 15 is 0 Å². The van der Waals surface area contributed by atoms with Crippen molar-refractivity contribution in [3.8, 4) is 0 Å². The Balaban J connectivity index is 1.81. The summed E-state index contributed by atoms with van der Waals surface area (Å²) in [5.74, 6) is 0.154. The molecule has 0 N–H and O–H groups in total. The van der Waals surface area contributed by atoms with E-state index in [2.05, 4.69) is 4.98 Å². The van der Waals surface area contributed by atoms with Crippen molar-refractivity contribution in [3.05, 3.63) is 35.8 Å². The third kappa shape index (κ3) is 2.93. The quantitative estimate of drug-likeness (QED) is 0.846. The highest BCUT2D eigenvalue weighted by Crippen LogP contribution is 2.14. The molecule has 3 rings (SSSR count). The van der Waals surface area contributed by atoms with E-state index in [1.54, 1.807) is 0 Å². The average Bonchev–Trinajstić information content (AvgIpc) is 2.64. The summed E-state index contributed by atoms with van der Waals surface area (Å²) in [7, 11) is 0. The number of aromatic nitrogens is 2. The third-order valence-electron chi connectivity index (χ3n) is 3.95. The van der Waals surface area contributed by atoms with E-state index in [0.29, 0.717) is 13.0 Å². The van der Waals surface area contributed by atoms with Crippen LogP contribution in [0.3, 0.4) is 0 Å². The molecular formula is C16H21N3O2. The van der Waals surface area contributed by atoms with Gasteiger partial charge in [0, 0.05) is 25.9 Å². The van der Waals surface area contributed by atoms with E-state index in [4.69, 9.17) is 4.74 Å². The number of pyridine rings is 1. The molecule has 2 aromatic rings. The Morgan fingerprint density at radius 2 is 2.33 bits per heavy atom. The van der Waals surface area contributed by atoms with E-state index < -0.39 is 0 Å². The number of nitrogens with zero attached hydrogens (tertiary/aromatic N) is 3. The molecular weight excluding hydrogens is 266 g/mol. The van der Waals surface area contributed by atoms with E-state index in [-0.39, 0.29) is 12.0 Å². The second-order valence-electron chi connectivity index (χ2n) is 5.62. The Morgan fingerprint density at radius 1 is 1.48 bits per heavy atom. The Bertz CT molecular complexity index is 650. The minimum atomic E-state index is 0.111. The molecule has 0 aromatic carbocycles. The molecule has 3 heterocycles. The number of carbonyl (C=O) groups excluding carboxylic acids is 1. The summed E-state index contributed by atoms with van der Waals surface area (Å²) >= 11 is 0. The number of ether oxygens (including phenoxy) is 1. The van der Waals surface area contributed by atoms with Gasteiger partial charge in [0.25, 0.3) is 0 Å². The zero-order valence-corrected chi connectivity index (χ0v) is 12.6. The predicted molar refractivity (Wildman–Crippen MR) is 80.2 cm³/mol. The molecule has 0 saturated carbocycles. The number of carbonyl (C=O) groups is 1. The lowest BCUT2D eigenvalue weighted by atomic mass is 10.2. The number of aryl methyl sites for hydroxylation is 1. The summed E-state index contributed by atoms with van der Waals surface area (Å²) in [5.41, 5.74) is 2.80. The summed E-state index contributed by atoms with van der Waals surface area (Å²) in [4.78, 5) is 19.0. The van der Waals surface area contributed by atoms with Crippen molar-refractivity contribution in [2.24, 2.45) is 0 Å². The minimum Gasteiger partial charge on any atom is -0.377 e. The van der Waals surface area contributed by atoms with Crippen LogP contribution < -0.4 is 0 Å². The molecule has 1 unspecified atom stereocenters. The average molecular weight is 287 g/mol. The van der Waals surface area contributed by atoms with Crippen LogP contribution in [0, 0.1) is 6.92 Å². The van der Waals surface area contributed by atoms with Gasteiger partial charge in [-0.15, -0.1) is 0 Å². The zero-order valence-electron chi connectivity index (χ0n) is 12.6. The van der Waals surface area contributed by atoms with Crippen molar-refractivity contribution in [2.75, 3.05) is 19.7 Å². The van der Waals surface area contributed by atoms with Crippen LogP contribution in [-0.4, -0.2) is 46.0 Å². The van der Waals surface area contributed by atoms with Gasteiger partial charge in [-0.2, -0.15) is 0 Å². The number of fused-ring (bicyclic) bond motifs is 1. The molecule has 1 atom stereocenters. The van der Waals surface area contributed by atoms with Gasteiger partial charge in [-0.3, -0.25) is 4.79 Å². The van der Waals surface area contributed by atoms with Gasteiger partial charge in [0.05, 0.1) is 23.9 Å². The molecule has 1 amide bonds. The molecule has 5 nitrogen and oxygen atoms in total. The highest BCUT2D eigenvalue weighted by molar-refractivity contribution is 5.79. The fourth-order valence-corrected chi connectivity index (χ4v) is 2.85. The van der Waals surface area contributed by atoms with Gasteiger partial charge in [-0.1, -0.05) is 6.07 Å². The molecule has 112 valence electrons. The summed E-state index contributed by atoms with van der Waals surface area (Å²) < 4.78 is 7.61. The minimum absolute atomic E-state index is 0.111. The maximum absolute atomic E-state index is 12.6. The predicted octanol–water partition coefficient (Wildman–Crippen LogP) is 1.82. The Kier molecular flexibility index (Phi) is 3.92. The molecule has 0 radical (unpaired) electrons. The van der Waals surface area contributed by atoms with Gasteiger partial charge in [0.1, 0.15) is 5.65 Å². The first-order valence-corrected chi connectivity index (χ1v) is 7.47. The van der Waals surface area contributed by atoms with Gasteiger partial charge in [-0.25, -0.2) is 4.98 Å². The van der Waals surface area contributed by atoms with Crippen molar-refractivity contribution in [2.45, 2.75) is 32.8 Å². The Morgan fingerprint density at radius 3 is 3.19 bits per heavy atom. The highest BCUT2D eigenvalue weighted by Gasteiger charge is 2.22. The third-order valence-corrected chi connectivity index (χ3v) is 3.95. The summed E-state index contributed by atoms with van der Waals surface area (Å²) in [6, 6.07) is 5.88. The van der Waals surface area contributed by atoms with E-state index in [1.807, 2.05) is 47.5 Å². The fraction of sp³-hybridized carbons (Fsp3) is 0.500. The topological polar surface area (TPSA) is 46.8 Å². The summed E-state index contributed by atoms with van der Waals surface area (Å²) in [6.45, 7) is 6.17. The number of amides is 1. The largest absolute Gasteiger partial charge is 0.377 e. The summed E-state index contributed by atoms with van der Waals surface area (Å²) in [6.07, 6.45) is 3.37. The molecule has 1 aliphatic rings. The van der Waals surface area contributed by atoms with Crippen LogP contribution in [-0.2, 0) is 16.0 Å². The monoisotopic (exact) mass is 287 g/mol. The molecule has 5 heteroatoms. The van der Waals surface area contributed by atoms with Crippen LogP contribution in [0.4, 0.5) is 0 Å². The molecule has 1 aliphatic heterocycles. The van der Waals surface area contributed by atoms with Crippen LogP contribution in [0.25, 0.3) is 5.65 Å². The standard InChI is InChI=1S/C16H21N3O2/c1-12-11-18(7-5-9-21-12)16(20)10-14-13(2)17-15-6-3-4-8-19(14)15/h3-4,6,8,12H,5,7,9-11H2,1-2H3. The van der Waals surface area contributed by atoms with Crippen molar-refractivity contribution >= 4 is 11.6 Å². The lowest BCUT2D eigenvalue weighted by Gasteiger charge is -2.22. The SMILES string of the molecule is Cc1nc2ccccn2c1CC(=O)N1CCCOC(C)C1. The van der Waals surface area contributed by atoms with Crippen LogP contribution in [0.15, 0.2) is 24.4 Å². The summed E-state index contributed by atoms with van der Waals surface area (Å²) in [5, 5.41) is 0. The van der Waals surface area contributed by atoms with Crippen molar-refractivity contribution in [3.63, 3.8) is 0 Å². The van der Waals surface area contributed by atoms with Crippen molar-refractivity contribution < 1.29 is 9.53 Å². The lowest BCUT2D eigenvalue weighted by molar-refractivity contribution is -0.131. The van der Waals surface area contributed by atoms with E-state index in [0.717, 1.165) is 36.6 Å². The van der Waals surface area contributed by atoms with Crippen LogP contribution in [0.1, 0.15) is 24.7 Å². The van der Waals surface area contributed by atoms with E-state index in [1.165, 1.54) is 0 Å². The maximum atomic E-state index is 12.6. The van der Waals surface area contributed by atoms with Crippen molar-refractivity contribution in [1.82, 2.24) is 14.3 Å². The van der Waals surface area contributed by atoms with Crippen LogP contribution in [0.2, 0.25) is 0 Å². The molecule has 21 heavy (non-hydrogen) atoms. The van der Waals surface area contributed by atoms with Gasteiger partial charge in [0.15, 0.2) is 0 Å². The smallest absolute Gasteiger partial charge is 0.228 e. The first-order valence-electron chi connectivity index (χ1n) is 7.47. The maximum Gasteiger partial charge on any atom is 0.228 e.